The Labute approximate surface area is 374 Å². The molecule has 0 fully saturated rings. The monoisotopic (exact) mass is 817 g/mol. The molecule has 11 aromatic rings. The minimum atomic E-state index is -0.772. The zero-order valence-electron chi connectivity index (χ0n) is 35.2. The van der Waals surface area contributed by atoms with E-state index in [1.165, 1.54) is 55.2 Å². The normalized spacial score (nSPS) is 14.0. The number of anilines is 5. The average molecular weight is 818 g/mol. The van der Waals surface area contributed by atoms with Crippen LogP contribution in [0.2, 0.25) is 0 Å². The minimum Gasteiger partial charge on any atom is -0.323 e. The van der Waals surface area contributed by atoms with Gasteiger partial charge in [-0.1, -0.05) is 182 Å². The van der Waals surface area contributed by atoms with Crippen LogP contribution in [0, 0.1) is 0 Å². The Kier molecular flexibility index (Phi) is 9.05. The van der Waals surface area contributed by atoms with Crippen molar-refractivity contribution in [1.29, 1.82) is 0 Å². The maximum Gasteiger partial charge on any atom is 0.122 e. The molecule has 1 aliphatic rings. The number of para-hydroxylation sites is 4. The molecular formula is C61H43N3. The fourth-order valence-electron chi connectivity index (χ4n) is 10.3. The second-order valence-electron chi connectivity index (χ2n) is 16.5. The molecule has 0 N–H and O–H groups in total. The smallest absolute Gasteiger partial charge is 0.122 e. The van der Waals surface area contributed by atoms with Crippen molar-refractivity contribution in [2.75, 3.05) is 9.80 Å². The van der Waals surface area contributed by atoms with Crippen LogP contribution in [0.25, 0.3) is 49.7 Å². The highest BCUT2D eigenvalue weighted by Crippen LogP contribution is 2.59. The van der Waals surface area contributed by atoms with Crippen LogP contribution in [0.4, 0.5) is 28.4 Å². The Morgan fingerprint density at radius 2 is 0.859 bits per heavy atom. The van der Waals surface area contributed by atoms with Crippen molar-refractivity contribution >= 4 is 50.2 Å². The molecule has 3 heteroatoms. The van der Waals surface area contributed by atoms with Crippen LogP contribution in [-0.2, 0) is 5.54 Å². The van der Waals surface area contributed by atoms with E-state index in [1.807, 2.05) is 0 Å². The van der Waals surface area contributed by atoms with Gasteiger partial charge in [-0.15, -0.1) is 0 Å². The van der Waals surface area contributed by atoms with E-state index in [4.69, 9.17) is 0 Å². The standard InChI is InChI=1S/C61H43N3/c1-6-21-44(22-7-1)45-23-20-32-52(41-45)64(49-30-14-5-15-31-49)61(46-24-8-2-9-25-46)57-35-18-16-33-53(57)54-39-37-50(42-58(54)61)62(47-26-10-3-11-27-47)51-38-40-56-55-34-17-19-36-59(55)63(60(56)43-51)48-28-12-4-13-29-48/h1-43H. The summed E-state index contributed by atoms with van der Waals surface area (Å²) in [6.07, 6.45) is 0. The number of aromatic nitrogens is 1. The van der Waals surface area contributed by atoms with Crippen molar-refractivity contribution < 1.29 is 0 Å². The molecule has 302 valence electrons. The van der Waals surface area contributed by atoms with Gasteiger partial charge in [-0.25, -0.2) is 0 Å². The van der Waals surface area contributed by atoms with Crippen LogP contribution in [0.1, 0.15) is 16.7 Å². The van der Waals surface area contributed by atoms with Crippen molar-refractivity contribution in [2.24, 2.45) is 0 Å². The van der Waals surface area contributed by atoms with E-state index < -0.39 is 5.54 Å². The molecule has 1 aromatic heterocycles. The van der Waals surface area contributed by atoms with Crippen molar-refractivity contribution in [3.8, 4) is 27.9 Å². The van der Waals surface area contributed by atoms with Crippen LogP contribution in [-0.4, -0.2) is 4.57 Å². The first-order chi connectivity index (χ1) is 31.8. The topological polar surface area (TPSA) is 11.4 Å². The molecule has 0 radical (unpaired) electrons. The Hall–Kier alpha value is -8.40. The molecule has 1 heterocycles. The predicted molar refractivity (Wildman–Crippen MR) is 268 cm³/mol. The van der Waals surface area contributed by atoms with Crippen LogP contribution in [0.15, 0.2) is 261 Å². The van der Waals surface area contributed by atoms with Crippen molar-refractivity contribution in [2.45, 2.75) is 5.54 Å². The van der Waals surface area contributed by atoms with Crippen LogP contribution >= 0.6 is 0 Å². The largest absolute Gasteiger partial charge is 0.323 e. The lowest BCUT2D eigenvalue weighted by molar-refractivity contribution is 0.644. The molecule has 1 atom stereocenters. The molecule has 1 aliphatic carbocycles. The lowest BCUT2D eigenvalue weighted by Gasteiger charge is -2.45. The summed E-state index contributed by atoms with van der Waals surface area (Å²) in [6, 6.07) is 95.1. The highest BCUT2D eigenvalue weighted by atomic mass is 15.2. The van der Waals surface area contributed by atoms with E-state index in [0.717, 1.165) is 39.6 Å². The third kappa shape index (κ3) is 5.97. The molecule has 0 saturated carbocycles. The summed E-state index contributed by atoms with van der Waals surface area (Å²) in [5.74, 6) is 0. The first kappa shape index (κ1) is 37.4. The quantitative estimate of drug-likeness (QED) is 0.144. The number of nitrogens with zero attached hydrogens (tertiary/aromatic N) is 3. The van der Waals surface area contributed by atoms with Gasteiger partial charge in [0.05, 0.1) is 11.0 Å². The molecular weight excluding hydrogens is 775 g/mol. The Morgan fingerprint density at radius 3 is 1.62 bits per heavy atom. The summed E-state index contributed by atoms with van der Waals surface area (Å²) in [7, 11) is 0. The number of hydrogen-bond acceptors (Lipinski definition) is 2. The van der Waals surface area contributed by atoms with Gasteiger partial charge in [0.2, 0.25) is 0 Å². The maximum absolute atomic E-state index is 2.58. The average Bonchev–Trinajstić information content (AvgIpc) is 3.86. The van der Waals surface area contributed by atoms with Crippen LogP contribution in [0.5, 0.6) is 0 Å². The van der Waals surface area contributed by atoms with Gasteiger partial charge in [0.15, 0.2) is 0 Å². The highest BCUT2D eigenvalue weighted by molar-refractivity contribution is 6.10. The van der Waals surface area contributed by atoms with Gasteiger partial charge < -0.3 is 14.4 Å². The van der Waals surface area contributed by atoms with Gasteiger partial charge in [0.1, 0.15) is 5.54 Å². The predicted octanol–water partition coefficient (Wildman–Crippen LogP) is 16.0. The molecule has 10 aromatic carbocycles. The lowest BCUT2D eigenvalue weighted by Crippen LogP contribution is -2.44. The Bertz CT molecular complexity index is 3440. The van der Waals surface area contributed by atoms with Gasteiger partial charge in [-0.05, 0) is 118 Å². The van der Waals surface area contributed by atoms with E-state index in [2.05, 4.69) is 275 Å². The summed E-state index contributed by atoms with van der Waals surface area (Å²) in [6.45, 7) is 0. The van der Waals surface area contributed by atoms with Gasteiger partial charge in [0.25, 0.3) is 0 Å². The highest BCUT2D eigenvalue weighted by Gasteiger charge is 2.50. The zero-order valence-corrected chi connectivity index (χ0v) is 35.2. The molecule has 0 spiro atoms. The zero-order chi connectivity index (χ0) is 42.5. The molecule has 0 amide bonds. The van der Waals surface area contributed by atoms with Gasteiger partial charge in [0, 0.05) is 44.9 Å². The summed E-state index contributed by atoms with van der Waals surface area (Å²) >= 11 is 0. The van der Waals surface area contributed by atoms with Gasteiger partial charge in [-0.3, -0.25) is 0 Å². The van der Waals surface area contributed by atoms with E-state index in [1.54, 1.807) is 0 Å². The fourth-order valence-corrected chi connectivity index (χ4v) is 10.3. The molecule has 0 bridgehead atoms. The number of rotatable bonds is 9. The van der Waals surface area contributed by atoms with Gasteiger partial charge in [-0.2, -0.15) is 0 Å². The number of hydrogen-bond donors (Lipinski definition) is 0. The van der Waals surface area contributed by atoms with E-state index in [-0.39, 0.29) is 0 Å². The Morgan fingerprint density at radius 1 is 0.312 bits per heavy atom. The lowest BCUT2D eigenvalue weighted by atomic mass is 9.78. The minimum absolute atomic E-state index is 0.772. The summed E-state index contributed by atoms with van der Waals surface area (Å²) < 4.78 is 2.40. The summed E-state index contributed by atoms with van der Waals surface area (Å²) in [4.78, 5) is 5.01. The first-order valence-corrected chi connectivity index (χ1v) is 22.0. The van der Waals surface area contributed by atoms with Crippen molar-refractivity contribution in [3.63, 3.8) is 0 Å². The molecule has 0 saturated heterocycles. The maximum atomic E-state index is 2.58. The third-order valence-electron chi connectivity index (χ3n) is 13.0. The SMILES string of the molecule is c1ccc(-c2cccc(N(c3ccccc3)C3(c4ccccc4)c4ccccc4-c4ccc(N(c5ccccc5)c5ccc6c7ccccc7n(-c7ccccc7)c6c5)cc43)c2)cc1. The van der Waals surface area contributed by atoms with Gasteiger partial charge >= 0.3 is 0 Å². The molecule has 3 nitrogen and oxygen atoms in total. The fraction of sp³-hybridized carbons (Fsp3) is 0.0164. The molecule has 12 rings (SSSR count). The molecule has 0 aliphatic heterocycles. The van der Waals surface area contributed by atoms with Crippen LogP contribution in [0.3, 0.4) is 0 Å². The summed E-state index contributed by atoms with van der Waals surface area (Å²) in [5.41, 5.74) is 16.6. The van der Waals surface area contributed by atoms with Crippen LogP contribution < -0.4 is 9.80 Å². The van der Waals surface area contributed by atoms with Crippen molar-refractivity contribution in [1.82, 2.24) is 4.57 Å². The van der Waals surface area contributed by atoms with E-state index in [0.29, 0.717) is 0 Å². The third-order valence-corrected chi connectivity index (χ3v) is 13.0. The van der Waals surface area contributed by atoms with E-state index in [9.17, 15) is 0 Å². The number of fused-ring (bicyclic) bond motifs is 6. The summed E-state index contributed by atoms with van der Waals surface area (Å²) in [5, 5.41) is 2.46. The molecule has 64 heavy (non-hydrogen) atoms. The Balaban J connectivity index is 1.14. The first-order valence-electron chi connectivity index (χ1n) is 22.0. The second-order valence-corrected chi connectivity index (χ2v) is 16.5. The number of benzene rings is 10. The molecule has 1 unspecified atom stereocenters. The van der Waals surface area contributed by atoms with Crippen molar-refractivity contribution in [3.05, 3.63) is 278 Å². The second kappa shape index (κ2) is 15.5. The van der Waals surface area contributed by atoms with E-state index >= 15 is 0 Å².